The first-order valence-corrected chi connectivity index (χ1v) is 12.6. The third kappa shape index (κ3) is 5.51. The molecule has 0 saturated carbocycles. The van der Waals surface area contributed by atoms with Crippen LogP contribution in [-0.4, -0.2) is 52.7 Å². The Balaban J connectivity index is 1.58. The zero-order chi connectivity index (χ0) is 25.7. The second-order valence-corrected chi connectivity index (χ2v) is 9.91. The van der Waals surface area contributed by atoms with Crippen LogP contribution >= 0.6 is 0 Å². The van der Waals surface area contributed by atoms with E-state index in [0.29, 0.717) is 42.4 Å². The Kier molecular flexibility index (Phi) is 7.88. The largest absolute Gasteiger partial charge is 0.491 e. The van der Waals surface area contributed by atoms with Crippen LogP contribution in [0.5, 0.6) is 17.2 Å². The van der Waals surface area contributed by atoms with Crippen LogP contribution in [0.3, 0.4) is 0 Å². The first-order chi connectivity index (χ1) is 17.3. The molecule has 190 valence electrons. The SMILES string of the molecule is COCCOc1ccc2c(c1)CCN(S(=O)(=O)c1ccc(Oc3ccc(F)cc3)cc1)C2C(=O)OC. The maximum absolute atomic E-state index is 13.6. The van der Waals surface area contributed by atoms with E-state index in [4.69, 9.17) is 18.9 Å². The summed E-state index contributed by atoms with van der Waals surface area (Å²) in [5.41, 5.74) is 1.36. The molecule has 0 radical (unpaired) electrons. The maximum atomic E-state index is 13.6. The van der Waals surface area contributed by atoms with E-state index in [2.05, 4.69) is 0 Å². The molecule has 0 aliphatic carbocycles. The Hall–Kier alpha value is -3.47. The van der Waals surface area contributed by atoms with E-state index in [1.807, 2.05) is 6.07 Å². The molecule has 10 heteroatoms. The molecule has 0 bridgehead atoms. The highest BCUT2D eigenvalue weighted by Crippen LogP contribution is 2.37. The summed E-state index contributed by atoms with van der Waals surface area (Å²) in [7, 11) is -1.24. The Morgan fingerprint density at radius 1 is 0.944 bits per heavy atom. The van der Waals surface area contributed by atoms with Crippen LogP contribution in [0.15, 0.2) is 71.6 Å². The average Bonchev–Trinajstić information content (AvgIpc) is 2.89. The zero-order valence-corrected chi connectivity index (χ0v) is 20.7. The van der Waals surface area contributed by atoms with Gasteiger partial charge in [-0.1, -0.05) is 6.07 Å². The van der Waals surface area contributed by atoms with E-state index in [9.17, 15) is 17.6 Å². The van der Waals surface area contributed by atoms with Gasteiger partial charge in [-0.25, -0.2) is 17.6 Å². The van der Waals surface area contributed by atoms with E-state index in [1.54, 1.807) is 19.2 Å². The number of methoxy groups -OCH3 is 2. The molecule has 0 N–H and O–H groups in total. The lowest BCUT2D eigenvalue weighted by molar-refractivity contribution is -0.145. The van der Waals surface area contributed by atoms with Gasteiger partial charge < -0.3 is 18.9 Å². The number of ether oxygens (including phenoxy) is 4. The van der Waals surface area contributed by atoms with Gasteiger partial charge in [0, 0.05) is 13.7 Å². The minimum atomic E-state index is -4.05. The van der Waals surface area contributed by atoms with Gasteiger partial charge >= 0.3 is 5.97 Å². The number of carbonyl (C=O) groups excluding carboxylic acids is 1. The summed E-state index contributed by atoms with van der Waals surface area (Å²) in [6.45, 7) is 0.892. The molecule has 4 rings (SSSR count). The first-order valence-electron chi connectivity index (χ1n) is 11.2. The molecule has 0 saturated heterocycles. The van der Waals surface area contributed by atoms with Crippen LogP contribution in [0.1, 0.15) is 17.2 Å². The third-order valence-electron chi connectivity index (χ3n) is 5.76. The van der Waals surface area contributed by atoms with Crippen LogP contribution in [0.2, 0.25) is 0 Å². The average molecular weight is 516 g/mol. The van der Waals surface area contributed by atoms with Crippen molar-refractivity contribution in [1.29, 1.82) is 0 Å². The second kappa shape index (κ2) is 11.1. The normalized spacial score (nSPS) is 15.7. The molecule has 1 aliphatic heterocycles. The smallest absolute Gasteiger partial charge is 0.328 e. The van der Waals surface area contributed by atoms with Gasteiger partial charge in [0.15, 0.2) is 0 Å². The van der Waals surface area contributed by atoms with Crippen LogP contribution in [-0.2, 0) is 30.7 Å². The minimum Gasteiger partial charge on any atom is -0.491 e. The summed E-state index contributed by atoms with van der Waals surface area (Å²) in [6.07, 6.45) is 0.398. The zero-order valence-electron chi connectivity index (χ0n) is 19.8. The van der Waals surface area contributed by atoms with Gasteiger partial charge in [-0.2, -0.15) is 4.31 Å². The lowest BCUT2D eigenvalue weighted by atomic mass is 9.94. The Bertz CT molecular complexity index is 1310. The van der Waals surface area contributed by atoms with Crippen LogP contribution in [0, 0.1) is 5.82 Å². The predicted octanol–water partition coefficient (Wildman–Crippen LogP) is 4.10. The molecule has 36 heavy (non-hydrogen) atoms. The van der Waals surface area contributed by atoms with Gasteiger partial charge in [-0.3, -0.25) is 0 Å². The Morgan fingerprint density at radius 3 is 2.22 bits per heavy atom. The number of esters is 1. The second-order valence-electron chi connectivity index (χ2n) is 8.02. The fourth-order valence-electron chi connectivity index (χ4n) is 3.98. The van der Waals surface area contributed by atoms with E-state index >= 15 is 0 Å². The molecule has 1 unspecified atom stereocenters. The number of halogens is 1. The highest BCUT2D eigenvalue weighted by Gasteiger charge is 2.41. The van der Waals surface area contributed by atoms with Crippen molar-refractivity contribution in [2.45, 2.75) is 17.4 Å². The molecule has 1 heterocycles. The molecule has 0 aromatic heterocycles. The fourth-order valence-corrected chi connectivity index (χ4v) is 5.54. The summed E-state index contributed by atoms with van der Waals surface area (Å²) in [5.74, 6) is 0.347. The molecule has 3 aromatic rings. The summed E-state index contributed by atoms with van der Waals surface area (Å²) in [5, 5.41) is 0. The van der Waals surface area contributed by atoms with Gasteiger partial charge in [-0.15, -0.1) is 0 Å². The molecule has 3 aromatic carbocycles. The lowest BCUT2D eigenvalue weighted by Crippen LogP contribution is -2.43. The molecule has 1 atom stereocenters. The summed E-state index contributed by atoms with van der Waals surface area (Å²) in [6, 6.07) is 15.4. The van der Waals surface area contributed by atoms with E-state index in [0.717, 1.165) is 9.87 Å². The molecular formula is C26H26FNO7S. The number of fused-ring (bicyclic) bond motifs is 1. The lowest BCUT2D eigenvalue weighted by Gasteiger charge is -2.34. The maximum Gasteiger partial charge on any atom is 0.328 e. The van der Waals surface area contributed by atoms with Crippen molar-refractivity contribution >= 4 is 16.0 Å². The summed E-state index contributed by atoms with van der Waals surface area (Å²) in [4.78, 5) is 12.8. The predicted molar refractivity (Wildman–Crippen MR) is 129 cm³/mol. The van der Waals surface area contributed by atoms with E-state index in [-0.39, 0.29) is 17.3 Å². The van der Waals surface area contributed by atoms with Crippen LogP contribution in [0.25, 0.3) is 0 Å². The number of carbonyl (C=O) groups is 1. The number of sulfonamides is 1. The van der Waals surface area contributed by atoms with Crippen LogP contribution in [0.4, 0.5) is 4.39 Å². The van der Waals surface area contributed by atoms with Crippen molar-refractivity contribution in [3.05, 3.63) is 83.7 Å². The number of rotatable bonds is 9. The molecule has 8 nitrogen and oxygen atoms in total. The van der Waals surface area contributed by atoms with Gasteiger partial charge in [0.05, 0.1) is 18.6 Å². The Morgan fingerprint density at radius 2 is 1.58 bits per heavy atom. The van der Waals surface area contributed by atoms with Crippen molar-refractivity contribution < 1.29 is 36.6 Å². The molecule has 1 aliphatic rings. The van der Waals surface area contributed by atoms with Crippen molar-refractivity contribution in [2.24, 2.45) is 0 Å². The molecule has 0 fully saturated rings. The molecule has 0 spiro atoms. The van der Waals surface area contributed by atoms with Crippen LogP contribution < -0.4 is 9.47 Å². The number of hydrogen-bond acceptors (Lipinski definition) is 7. The van der Waals surface area contributed by atoms with Gasteiger partial charge in [-0.05, 0) is 78.2 Å². The highest BCUT2D eigenvalue weighted by atomic mass is 32.2. The summed E-state index contributed by atoms with van der Waals surface area (Å²) < 4.78 is 62.7. The van der Waals surface area contributed by atoms with E-state index in [1.165, 1.54) is 55.6 Å². The number of hydrogen-bond donors (Lipinski definition) is 0. The standard InChI is InChI=1S/C26H26FNO7S/c1-32-15-16-34-22-9-12-24-18(17-22)13-14-28(25(24)26(29)33-2)36(30,31)23-10-7-21(8-11-23)35-20-5-3-19(27)4-6-20/h3-12,17,25H,13-16H2,1-2H3. The minimum absolute atomic E-state index is 0.00540. The van der Waals surface area contributed by atoms with Gasteiger partial charge in [0.2, 0.25) is 10.0 Å². The van der Waals surface area contributed by atoms with Crippen molar-refractivity contribution in [3.63, 3.8) is 0 Å². The first kappa shape index (κ1) is 25.6. The van der Waals surface area contributed by atoms with Gasteiger partial charge in [0.1, 0.15) is 35.7 Å². The monoisotopic (exact) mass is 515 g/mol. The Labute approximate surface area is 209 Å². The van der Waals surface area contributed by atoms with Crippen molar-refractivity contribution in [2.75, 3.05) is 34.0 Å². The quantitative estimate of drug-likeness (QED) is 0.313. The van der Waals surface area contributed by atoms with E-state index < -0.39 is 22.0 Å². The van der Waals surface area contributed by atoms with Crippen molar-refractivity contribution in [1.82, 2.24) is 4.31 Å². The number of nitrogens with zero attached hydrogens (tertiary/aromatic N) is 1. The molecule has 0 amide bonds. The molecular weight excluding hydrogens is 489 g/mol. The highest BCUT2D eigenvalue weighted by molar-refractivity contribution is 7.89. The summed E-state index contributed by atoms with van der Waals surface area (Å²) >= 11 is 0. The number of benzene rings is 3. The topological polar surface area (TPSA) is 91.4 Å². The van der Waals surface area contributed by atoms with Gasteiger partial charge in [0.25, 0.3) is 0 Å². The van der Waals surface area contributed by atoms with Crippen molar-refractivity contribution in [3.8, 4) is 17.2 Å². The third-order valence-corrected chi connectivity index (χ3v) is 7.64. The fraction of sp³-hybridized carbons (Fsp3) is 0.269.